The molecule has 118 valence electrons. The van der Waals surface area contributed by atoms with Crippen molar-refractivity contribution in [2.24, 2.45) is 0 Å². The minimum Gasteiger partial charge on any atom is -0.454 e. The summed E-state index contributed by atoms with van der Waals surface area (Å²) in [4.78, 5) is 12.5. The van der Waals surface area contributed by atoms with Gasteiger partial charge in [0.05, 0.1) is 0 Å². The molecule has 3 rings (SSSR count). The monoisotopic (exact) mass is 300 g/mol. The fourth-order valence-electron chi connectivity index (χ4n) is 3.34. The molecule has 0 aromatic heterocycles. The lowest BCUT2D eigenvalue weighted by atomic mass is 9.84. The van der Waals surface area contributed by atoms with Gasteiger partial charge in [-0.1, -0.05) is 37.8 Å². The fourth-order valence-corrected chi connectivity index (χ4v) is 3.34. The van der Waals surface area contributed by atoms with Crippen LogP contribution in [0.15, 0.2) is 23.8 Å². The van der Waals surface area contributed by atoms with E-state index in [-0.39, 0.29) is 12.6 Å². The minimum atomic E-state index is 0.273. The lowest BCUT2D eigenvalue weighted by Crippen LogP contribution is -2.11. The summed E-state index contributed by atoms with van der Waals surface area (Å²) in [5, 5.41) is 0. The summed E-state index contributed by atoms with van der Waals surface area (Å²) in [5.74, 6) is 1.82. The number of allylic oxidation sites excluding steroid dienone is 2. The van der Waals surface area contributed by atoms with Crippen molar-refractivity contribution in [1.29, 1.82) is 0 Å². The van der Waals surface area contributed by atoms with Gasteiger partial charge in [-0.05, 0) is 43.4 Å². The molecule has 0 amide bonds. The van der Waals surface area contributed by atoms with Gasteiger partial charge < -0.3 is 9.47 Å². The fraction of sp³-hybridized carbons (Fsp3) is 0.526. The lowest BCUT2D eigenvalue weighted by molar-refractivity contribution is -0.114. The molecule has 0 unspecified atom stereocenters. The zero-order valence-electron chi connectivity index (χ0n) is 13.3. The van der Waals surface area contributed by atoms with E-state index in [4.69, 9.17) is 9.47 Å². The standard InChI is InChI=1S/C19H24O3/c1-2-3-4-5-7-14-8-6-9-16(20)19(14)15-10-11-17-18(12-15)22-13-21-17/h10-12H,2-9,13H2,1H3. The predicted octanol–water partition coefficient (Wildman–Crippen LogP) is 4.89. The van der Waals surface area contributed by atoms with Crippen LogP contribution in [0.2, 0.25) is 0 Å². The highest BCUT2D eigenvalue weighted by atomic mass is 16.7. The number of Topliss-reactive ketones (excluding diaryl/α,β-unsaturated/α-hetero) is 1. The van der Waals surface area contributed by atoms with Gasteiger partial charge in [0.15, 0.2) is 17.3 Å². The number of unbranched alkanes of at least 4 members (excludes halogenated alkanes) is 3. The molecule has 3 heteroatoms. The molecule has 0 fully saturated rings. The van der Waals surface area contributed by atoms with E-state index < -0.39 is 0 Å². The average molecular weight is 300 g/mol. The van der Waals surface area contributed by atoms with Gasteiger partial charge in [0.1, 0.15) is 0 Å². The Labute approximate surface area is 132 Å². The number of ether oxygens (including phenoxy) is 2. The highest BCUT2D eigenvalue weighted by Crippen LogP contribution is 2.38. The Morgan fingerprint density at radius 3 is 2.77 bits per heavy atom. The molecule has 1 aliphatic carbocycles. The molecule has 0 spiro atoms. The van der Waals surface area contributed by atoms with E-state index in [1.54, 1.807) is 0 Å². The van der Waals surface area contributed by atoms with Crippen LogP contribution in [0.1, 0.15) is 63.9 Å². The predicted molar refractivity (Wildman–Crippen MR) is 87.1 cm³/mol. The van der Waals surface area contributed by atoms with Crippen LogP contribution < -0.4 is 9.47 Å². The van der Waals surface area contributed by atoms with Crippen LogP contribution in [0, 0.1) is 0 Å². The molecule has 0 saturated heterocycles. The van der Waals surface area contributed by atoms with Gasteiger partial charge in [-0.3, -0.25) is 4.79 Å². The average Bonchev–Trinajstić information content (AvgIpc) is 2.99. The van der Waals surface area contributed by atoms with Gasteiger partial charge >= 0.3 is 0 Å². The van der Waals surface area contributed by atoms with Gasteiger partial charge in [-0.15, -0.1) is 0 Å². The maximum absolute atomic E-state index is 12.5. The molecule has 0 saturated carbocycles. The van der Waals surface area contributed by atoms with Gasteiger partial charge in [0.25, 0.3) is 0 Å². The third-order valence-corrected chi connectivity index (χ3v) is 4.51. The molecule has 0 radical (unpaired) electrons. The molecule has 1 heterocycles. The van der Waals surface area contributed by atoms with Crippen molar-refractivity contribution < 1.29 is 14.3 Å². The molecule has 0 atom stereocenters. The van der Waals surface area contributed by atoms with Crippen molar-refractivity contribution in [2.75, 3.05) is 6.79 Å². The maximum Gasteiger partial charge on any atom is 0.231 e. The Morgan fingerprint density at radius 1 is 1.05 bits per heavy atom. The zero-order valence-corrected chi connectivity index (χ0v) is 13.3. The highest BCUT2D eigenvalue weighted by molar-refractivity contribution is 6.22. The van der Waals surface area contributed by atoms with E-state index in [1.807, 2.05) is 18.2 Å². The number of carbonyl (C=O) groups is 1. The molecule has 1 aromatic rings. The number of fused-ring (bicyclic) bond motifs is 1. The molecular weight excluding hydrogens is 276 g/mol. The molecule has 0 N–H and O–H groups in total. The second kappa shape index (κ2) is 6.99. The summed E-state index contributed by atoms with van der Waals surface area (Å²) >= 11 is 0. The number of benzene rings is 1. The first-order valence-electron chi connectivity index (χ1n) is 8.45. The van der Waals surface area contributed by atoms with E-state index in [2.05, 4.69) is 6.92 Å². The van der Waals surface area contributed by atoms with Gasteiger partial charge in [-0.2, -0.15) is 0 Å². The van der Waals surface area contributed by atoms with Crippen molar-refractivity contribution in [2.45, 2.75) is 58.3 Å². The van der Waals surface area contributed by atoms with Crippen LogP contribution in [0.25, 0.3) is 5.57 Å². The molecule has 1 aromatic carbocycles. The Kier molecular flexibility index (Phi) is 4.81. The zero-order chi connectivity index (χ0) is 15.4. The van der Waals surface area contributed by atoms with Crippen LogP contribution in [-0.4, -0.2) is 12.6 Å². The second-order valence-corrected chi connectivity index (χ2v) is 6.13. The van der Waals surface area contributed by atoms with Crippen LogP contribution in [-0.2, 0) is 4.79 Å². The Bertz CT molecular complexity index is 586. The van der Waals surface area contributed by atoms with E-state index in [0.29, 0.717) is 6.42 Å². The first-order valence-corrected chi connectivity index (χ1v) is 8.45. The quantitative estimate of drug-likeness (QED) is 0.701. The topological polar surface area (TPSA) is 35.5 Å². The third kappa shape index (κ3) is 3.18. The first kappa shape index (κ1) is 15.1. The van der Waals surface area contributed by atoms with Gasteiger partial charge in [0, 0.05) is 12.0 Å². The lowest BCUT2D eigenvalue weighted by Gasteiger charge is -2.20. The molecule has 0 bridgehead atoms. The van der Waals surface area contributed by atoms with Crippen LogP contribution in [0.4, 0.5) is 0 Å². The highest BCUT2D eigenvalue weighted by Gasteiger charge is 2.23. The summed E-state index contributed by atoms with van der Waals surface area (Å²) in [6, 6.07) is 5.88. The summed E-state index contributed by atoms with van der Waals surface area (Å²) in [6.45, 7) is 2.50. The summed E-state index contributed by atoms with van der Waals surface area (Å²) in [6.07, 6.45) is 8.73. The van der Waals surface area contributed by atoms with Crippen molar-refractivity contribution in [1.82, 2.24) is 0 Å². The third-order valence-electron chi connectivity index (χ3n) is 4.51. The van der Waals surface area contributed by atoms with Gasteiger partial charge in [-0.25, -0.2) is 0 Å². The number of ketones is 1. The largest absolute Gasteiger partial charge is 0.454 e. The van der Waals surface area contributed by atoms with E-state index in [1.165, 1.54) is 31.3 Å². The Balaban J connectivity index is 1.85. The summed E-state index contributed by atoms with van der Waals surface area (Å²) in [5.41, 5.74) is 3.28. The van der Waals surface area contributed by atoms with E-state index in [9.17, 15) is 4.79 Å². The van der Waals surface area contributed by atoms with Crippen LogP contribution in [0.5, 0.6) is 11.5 Å². The number of hydrogen-bond donors (Lipinski definition) is 0. The van der Waals surface area contributed by atoms with Crippen molar-refractivity contribution in [3.05, 3.63) is 29.3 Å². The van der Waals surface area contributed by atoms with E-state index >= 15 is 0 Å². The Morgan fingerprint density at radius 2 is 1.91 bits per heavy atom. The molecular formula is C19H24O3. The van der Waals surface area contributed by atoms with Gasteiger partial charge in [0.2, 0.25) is 6.79 Å². The number of hydrogen-bond acceptors (Lipinski definition) is 3. The Hall–Kier alpha value is -1.77. The molecule has 22 heavy (non-hydrogen) atoms. The maximum atomic E-state index is 12.5. The van der Waals surface area contributed by atoms with Crippen molar-refractivity contribution in [3.63, 3.8) is 0 Å². The second-order valence-electron chi connectivity index (χ2n) is 6.13. The molecule has 2 aliphatic rings. The number of rotatable bonds is 6. The van der Waals surface area contributed by atoms with Crippen molar-refractivity contribution >= 4 is 11.4 Å². The summed E-state index contributed by atoms with van der Waals surface area (Å²) in [7, 11) is 0. The normalized spacial score (nSPS) is 17.2. The smallest absolute Gasteiger partial charge is 0.231 e. The molecule has 1 aliphatic heterocycles. The minimum absolute atomic E-state index is 0.273. The number of carbonyl (C=O) groups excluding carboxylic acids is 1. The van der Waals surface area contributed by atoms with Crippen molar-refractivity contribution in [3.8, 4) is 11.5 Å². The first-order chi connectivity index (χ1) is 10.8. The summed E-state index contributed by atoms with van der Waals surface area (Å²) < 4.78 is 10.8. The SMILES string of the molecule is CCCCCCC1=C(c2ccc3c(c2)OCO3)C(=O)CCC1. The van der Waals surface area contributed by atoms with Crippen LogP contribution in [0.3, 0.4) is 0 Å². The van der Waals surface area contributed by atoms with E-state index in [0.717, 1.165) is 41.9 Å². The van der Waals surface area contributed by atoms with Crippen LogP contribution >= 0.6 is 0 Å². The molecule has 3 nitrogen and oxygen atoms in total.